The van der Waals surface area contributed by atoms with E-state index in [2.05, 4.69) is 17.9 Å². The van der Waals surface area contributed by atoms with Gasteiger partial charge in [0.1, 0.15) is 5.78 Å². The van der Waals surface area contributed by atoms with Gasteiger partial charge in [-0.05, 0) is 20.4 Å². The van der Waals surface area contributed by atoms with Gasteiger partial charge in [-0.2, -0.15) is 12.6 Å². The highest BCUT2D eigenvalue weighted by Gasteiger charge is 2.00. The first-order valence-electron chi connectivity index (χ1n) is 2.88. The van der Waals surface area contributed by atoms with Gasteiger partial charge in [-0.25, -0.2) is 0 Å². The van der Waals surface area contributed by atoms with E-state index in [4.69, 9.17) is 0 Å². The van der Waals surface area contributed by atoms with Gasteiger partial charge in [-0.3, -0.25) is 0 Å². The maximum atomic E-state index is 10.4. The first-order chi connectivity index (χ1) is 4.16. The van der Waals surface area contributed by atoms with E-state index in [1.54, 1.807) is 14.0 Å². The van der Waals surface area contributed by atoms with Crippen LogP contribution in [0.25, 0.3) is 0 Å². The summed E-state index contributed by atoms with van der Waals surface area (Å²) in [7, 11) is 1.79. The van der Waals surface area contributed by atoms with Crippen LogP contribution in [-0.2, 0) is 4.79 Å². The van der Waals surface area contributed by atoms with Gasteiger partial charge in [0, 0.05) is 6.42 Å². The smallest absolute Gasteiger partial charge is 0.129 e. The van der Waals surface area contributed by atoms with E-state index in [-0.39, 0.29) is 5.78 Å². The number of hydrogen-bond acceptors (Lipinski definition) is 3. The van der Waals surface area contributed by atoms with Crippen molar-refractivity contribution in [3.63, 3.8) is 0 Å². The highest BCUT2D eigenvalue weighted by molar-refractivity contribution is 7.83. The van der Waals surface area contributed by atoms with Crippen LogP contribution in [0.2, 0.25) is 0 Å². The van der Waals surface area contributed by atoms with Crippen LogP contribution < -0.4 is 5.32 Å². The highest BCUT2D eigenvalue weighted by Crippen LogP contribution is 2.08. The molecule has 0 amide bonds. The molecular weight excluding hydrogens is 134 g/mol. The Morgan fingerprint density at radius 3 is 2.44 bits per heavy atom. The van der Waals surface area contributed by atoms with Gasteiger partial charge < -0.3 is 10.1 Å². The standard InChI is InChI=1S/C6H12NOS/c1-5(8)3-4-6(9)7-2/h7,9H,3-4H2,1-2H3. The van der Waals surface area contributed by atoms with Gasteiger partial charge in [0.25, 0.3) is 0 Å². The van der Waals surface area contributed by atoms with Gasteiger partial charge in [0.2, 0.25) is 0 Å². The van der Waals surface area contributed by atoms with E-state index < -0.39 is 0 Å². The van der Waals surface area contributed by atoms with Crippen molar-refractivity contribution in [2.24, 2.45) is 0 Å². The van der Waals surface area contributed by atoms with Crippen molar-refractivity contribution in [3.8, 4) is 0 Å². The average Bonchev–Trinajstić information content (AvgIpc) is 1.83. The molecule has 0 aromatic heterocycles. The second kappa shape index (κ2) is 4.82. The summed E-state index contributed by atoms with van der Waals surface area (Å²) in [5.41, 5.74) is 0. The molecule has 3 heteroatoms. The number of rotatable bonds is 4. The zero-order valence-corrected chi connectivity index (χ0v) is 6.66. The third-order valence-electron chi connectivity index (χ3n) is 1.00. The molecule has 0 spiro atoms. The molecule has 0 unspecified atom stereocenters. The maximum absolute atomic E-state index is 10.4. The lowest BCUT2D eigenvalue weighted by atomic mass is 10.2. The summed E-state index contributed by atoms with van der Waals surface area (Å²) in [4.78, 5) is 10.4. The maximum Gasteiger partial charge on any atom is 0.129 e. The molecule has 0 bridgehead atoms. The molecule has 9 heavy (non-hydrogen) atoms. The van der Waals surface area contributed by atoms with Crippen molar-refractivity contribution in [1.29, 1.82) is 0 Å². The van der Waals surface area contributed by atoms with E-state index in [0.717, 1.165) is 11.8 Å². The average molecular weight is 146 g/mol. The summed E-state index contributed by atoms with van der Waals surface area (Å²) >= 11 is 4.06. The summed E-state index contributed by atoms with van der Waals surface area (Å²) in [5.74, 6) is 0.205. The van der Waals surface area contributed by atoms with E-state index in [9.17, 15) is 4.79 Å². The zero-order chi connectivity index (χ0) is 7.28. The summed E-state index contributed by atoms with van der Waals surface area (Å²) in [6.07, 6.45) is 1.31. The number of thiol groups is 1. The Kier molecular flexibility index (Phi) is 4.81. The molecular formula is C6H12NOS. The molecule has 1 radical (unpaired) electrons. The summed E-state index contributed by atoms with van der Waals surface area (Å²) in [5, 5.41) is 3.71. The zero-order valence-electron chi connectivity index (χ0n) is 5.77. The van der Waals surface area contributed by atoms with Crippen molar-refractivity contribution in [2.45, 2.75) is 19.8 Å². The van der Waals surface area contributed by atoms with Gasteiger partial charge in [0.05, 0.1) is 5.37 Å². The van der Waals surface area contributed by atoms with Gasteiger partial charge >= 0.3 is 0 Å². The van der Waals surface area contributed by atoms with Crippen molar-refractivity contribution in [3.05, 3.63) is 5.37 Å². The number of carbonyl (C=O) groups excluding carboxylic acids is 1. The lowest BCUT2D eigenvalue weighted by Crippen LogP contribution is -2.10. The lowest BCUT2D eigenvalue weighted by molar-refractivity contribution is -0.117. The molecule has 0 fully saturated rings. The first kappa shape index (κ1) is 8.98. The van der Waals surface area contributed by atoms with Crippen LogP contribution >= 0.6 is 12.6 Å². The second-order valence-electron chi connectivity index (χ2n) is 1.90. The predicted molar refractivity (Wildman–Crippen MR) is 41.2 cm³/mol. The Bertz CT molecular complexity index is 95.1. The Morgan fingerprint density at radius 2 is 2.11 bits per heavy atom. The molecule has 0 heterocycles. The number of hydrogen-bond donors (Lipinski definition) is 2. The Labute approximate surface area is 61.4 Å². The normalized spacial score (nSPS) is 10.2. The van der Waals surface area contributed by atoms with Crippen molar-refractivity contribution in [2.75, 3.05) is 7.05 Å². The van der Waals surface area contributed by atoms with Crippen LogP contribution in [0, 0.1) is 5.37 Å². The number of carbonyl (C=O) groups is 1. The molecule has 0 saturated carbocycles. The Balaban J connectivity index is 3.16. The van der Waals surface area contributed by atoms with E-state index in [1.807, 2.05) is 0 Å². The Morgan fingerprint density at radius 1 is 1.56 bits per heavy atom. The van der Waals surface area contributed by atoms with Crippen molar-refractivity contribution < 1.29 is 4.79 Å². The predicted octanol–water partition coefficient (Wildman–Crippen LogP) is 0.994. The number of nitrogens with one attached hydrogen (secondary N) is 1. The van der Waals surface area contributed by atoms with Crippen LogP contribution in [0.5, 0.6) is 0 Å². The molecule has 0 rings (SSSR count). The molecule has 53 valence electrons. The van der Waals surface area contributed by atoms with Gasteiger partial charge in [-0.15, -0.1) is 0 Å². The van der Waals surface area contributed by atoms with Crippen LogP contribution in [0.3, 0.4) is 0 Å². The molecule has 0 aromatic carbocycles. The molecule has 0 aliphatic rings. The van der Waals surface area contributed by atoms with Crippen molar-refractivity contribution >= 4 is 18.4 Å². The molecule has 0 saturated heterocycles. The molecule has 0 aliphatic carbocycles. The fraction of sp³-hybridized carbons (Fsp3) is 0.667. The molecule has 2 nitrogen and oxygen atoms in total. The van der Waals surface area contributed by atoms with E-state index in [0.29, 0.717) is 6.42 Å². The summed E-state index contributed by atoms with van der Waals surface area (Å²) in [6, 6.07) is 0. The van der Waals surface area contributed by atoms with Crippen LogP contribution in [0.1, 0.15) is 19.8 Å². The third kappa shape index (κ3) is 5.86. The topological polar surface area (TPSA) is 29.1 Å². The highest BCUT2D eigenvalue weighted by atomic mass is 32.1. The minimum absolute atomic E-state index is 0.205. The minimum atomic E-state index is 0.205. The SMILES string of the molecule is CN[C](S)CCC(C)=O. The third-order valence-corrected chi connectivity index (χ3v) is 1.45. The monoisotopic (exact) mass is 146 g/mol. The van der Waals surface area contributed by atoms with Crippen LogP contribution in [0.15, 0.2) is 0 Å². The number of ketones is 1. The van der Waals surface area contributed by atoms with Gasteiger partial charge in [-0.1, -0.05) is 0 Å². The molecule has 0 atom stereocenters. The lowest BCUT2D eigenvalue weighted by Gasteiger charge is -2.04. The fourth-order valence-corrected chi connectivity index (χ4v) is 0.531. The molecule has 0 aliphatic heterocycles. The first-order valence-corrected chi connectivity index (χ1v) is 3.33. The van der Waals surface area contributed by atoms with Gasteiger partial charge in [0.15, 0.2) is 0 Å². The molecule has 0 aromatic rings. The molecule has 1 N–H and O–H groups in total. The summed E-state index contributed by atoms with van der Waals surface area (Å²) in [6.45, 7) is 1.58. The van der Waals surface area contributed by atoms with Crippen LogP contribution in [-0.4, -0.2) is 12.8 Å². The summed E-state index contributed by atoms with van der Waals surface area (Å²) < 4.78 is 0. The van der Waals surface area contributed by atoms with Crippen molar-refractivity contribution in [1.82, 2.24) is 5.32 Å². The Hall–Kier alpha value is -0.0200. The number of Topliss-reactive ketones (excluding diaryl/α,β-unsaturated/α-hetero) is 1. The van der Waals surface area contributed by atoms with Crippen LogP contribution in [0.4, 0.5) is 0 Å². The fourth-order valence-electron chi connectivity index (χ4n) is 0.419. The second-order valence-corrected chi connectivity index (χ2v) is 2.44. The quantitative estimate of drug-likeness (QED) is 0.579. The largest absolute Gasteiger partial charge is 0.304 e. The van der Waals surface area contributed by atoms with E-state index >= 15 is 0 Å². The van der Waals surface area contributed by atoms with E-state index in [1.165, 1.54) is 0 Å². The minimum Gasteiger partial charge on any atom is -0.304 e.